The van der Waals surface area contributed by atoms with Gasteiger partial charge in [-0.15, -0.1) is 0 Å². The number of ether oxygens (including phenoxy) is 1. The summed E-state index contributed by atoms with van der Waals surface area (Å²) in [5.74, 6) is 1.57. The summed E-state index contributed by atoms with van der Waals surface area (Å²) < 4.78 is 5.79. The van der Waals surface area contributed by atoms with Crippen molar-refractivity contribution in [3.63, 3.8) is 0 Å². The Balaban J connectivity index is 1.98. The predicted molar refractivity (Wildman–Crippen MR) is 70.2 cm³/mol. The first-order valence-corrected chi connectivity index (χ1v) is 6.62. The quantitative estimate of drug-likeness (QED) is 0.693. The molecular formula is C16H17NO. The first-order chi connectivity index (χ1) is 8.85. The van der Waals surface area contributed by atoms with Gasteiger partial charge >= 0.3 is 0 Å². The maximum atomic E-state index is 8.93. The van der Waals surface area contributed by atoms with E-state index in [-0.39, 0.29) is 5.41 Å². The Morgan fingerprint density at radius 1 is 1.39 bits per heavy atom. The average Bonchev–Trinajstić information content (AvgIpc) is 2.57. The summed E-state index contributed by atoms with van der Waals surface area (Å²) in [5, 5.41) is 8.93. The van der Waals surface area contributed by atoms with Crippen molar-refractivity contribution in [3.8, 4) is 6.07 Å². The van der Waals surface area contributed by atoms with Crippen LogP contribution in [0.4, 0.5) is 0 Å². The fourth-order valence-electron chi connectivity index (χ4n) is 3.45. The molecule has 0 aromatic rings. The van der Waals surface area contributed by atoms with Crippen molar-refractivity contribution in [2.45, 2.75) is 32.1 Å². The molecule has 0 amide bonds. The Morgan fingerprint density at radius 3 is 3.22 bits per heavy atom. The van der Waals surface area contributed by atoms with Crippen LogP contribution in [0.15, 0.2) is 48.0 Å². The van der Waals surface area contributed by atoms with Gasteiger partial charge in [-0.3, -0.25) is 0 Å². The van der Waals surface area contributed by atoms with E-state index in [1.807, 2.05) is 6.08 Å². The molecule has 3 aliphatic rings. The van der Waals surface area contributed by atoms with Crippen LogP contribution < -0.4 is 0 Å². The summed E-state index contributed by atoms with van der Waals surface area (Å²) in [6.45, 7) is 0. The van der Waals surface area contributed by atoms with Crippen LogP contribution in [0.2, 0.25) is 0 Å². The Morgan fingerprint density at radius 2 is 2.33 bits per heavy atom. The van der Waals surface area contributed by atoms with Crippen molar-refractivity contribution in [2.24, 2.45) is 11.3 Å². The third-order valence-corrected chi connectivity index (χ3v) is 4.35. The zero-order chi connectivity index (χ0) is 12.4. The number of rotatable bonds is 1. The minimum absolute atomic E-state index is 0.0258. The molecule has 1 saturated carbocycles. The SMILES string of the molecule is N#CCC1CCC2=CC=COC3=CC=CCC23C1. The first-order valence-electron chi connectivity index (χ1n) is 6.62. The van der Waals surface area contributed by atoms with Crippen molar-refractivity contribution < 1.29 is 4.74 Å². The van der Waals surface area contributed by atoms with E-state index in [4.69, 9.17) is 10.00 Å². The molecule has 2 heteroatoms. The molecule has 1 aliphatic heterocycles. The van der Waals surface area contributed by atoms with Gasteiger partial charge < -0.3 is 4.74 Å². The Bertz CT molecular complexity index is 504. The Labute approximate surface area is 108 Å². The van der Waals surface area contributed by atoms with Gasteiger partial charge in [-0.05, 0) is 43.8 Å². The van der Waals surface area contributed by atoms with Crippen LogP contribution in [-0.4, -0.2) is 0 Å². The summed E-state index contributed by atoms with van der Waals surface area (Å²) >= 11 is 0. The molecular weight excluding hydrogens is 222 g/mol. The highest BCUT2D eigenvalue weighted by atomic mass is 16.5. The van der Waals surface area contributed by atoms with Crippen LogP contribution >= 0.6 is 0 Å². The summed E-state index contributed by atoms with van der Waals surface area (Å²) in [4.78, 5) is 0. The van der Waals surface area contributed by atoms with Crippen LogP contribution in [0.25, 0.3) is 0 Å². The van der Waals surface area contributed by atoms with Gasteiger partial charge in [-0.25, -0.2) is 0 Å². The second-order valence-electron chi connectivity index (χ2n) is 5.35. The Hall–Kier alpha value is -1.75. The van der Waals surface area contributed by atoms with Crippen LogP contribution in [-0.2, 0) is 4.74 Å². The molecule has 2 unspecified atom stereocenters. The van der Waals surface area contributed by atoms with Crippen molar-refractivity contribution in [1.29, 1.82) is 5.26 Å². The van der Waals surface area contributed by atoms with E-state index in [1.54, 1.807) is 6.26 Å². The fraction of sp³-hybridized carbons (Fsp3) is 0.438. The maximum absolute atomic E-state index is 8.93. The van der Waals surface area contributed by atoms with E-state index in [9.17, 15) is 0 Å². The Kier molecular flexibility index (Phi) is 2.83. The number of nitrogens with zero attached hydrogens (tertiary/aromatic N) is 1. The lowest BCUT2D eigenvalue weighted by Crippen LogP contribution is -2.34. The number of hydrogen-bond donors (Lipinski definition) is 0. The number of allylic oxidation sites excluding steroid dienone is 6. The zero-order valence-corrected chi connectivity index (χ0v) is 10.4. The molecule has 0 radical (unpaired) electrons. The molecule has 1 spiro atoms. The van der Waals surface area contributed by atoms with Gasteiger partial charge in [0.2, 0.25) is 0 Å². The average molecular weight is 239 g/mol. The normalized spacial score (nSPS) is 33.2. The molecule has 2 nitrogen and oxygen atoms in total. The minimum atomic E-state index is 0.0258. The molecule has 1 heterocycles. The molecule has 0 aromatic carbocycles. The van der Waals surface area contributed by atoms with Crippen molar-refractivity contribution in [2.75, 3.05) is 0 Å². The van der Waals surface area contributed by atoms with Gasteiger partial charge in [0.15, 0.2) is 0 Å². The molecule has 0 bridgehead atoms. The number of nitriles is 1. The van der Waals surface area contributed by atoms with E-state index < -0.39 is 0 Å². The predicted octanol–water partition coefficient (Wildman–Crippen LogP) is 4.00. The van der Waals surface area contributed by atoms with Crippen molar-refractivity contribution in [3.05, 3.63) is 48.0 Å². The summed E-state index contributed by atoms with van der Waals surface area (Å²) in [7, 11) is 0. The van der Waals surface area contributed by atoms with Gasteiger partial charge in [0.05, 0.1) is 17.7 Å². The molecule has 92 valence electrons. The second-order valence-corrected chi connectivity index (χ2v) is 5.35. The van der Waals surface area contributed by atoms with Crippen LogP contribution in [0, 0.1) is 22.7 Å². The number of hydrogen-bond acceptors (Lipinski definition) is 2. The second kappa shape index (κ2) is 4.49. The van der Waals surface area contributed by atoms with E-state index in [0.29, 0.717) is 12.3 Å². The standard InChI is InChI=1S/C16H17NO/c17-10-8-13-6-7-14-4-3-11-18-15-5-1-2-9-16(14,15)12-13/h1-5,11,13H,6-9,12H2. The van der Waals surface area contributed by atoms with Gasteiger partial charge in [0.25, 0.3) is 0 Å². The van der Waals surface area contributed by atoms with Crippen molar-refractivity contribution in [1.82, 2.24) is 0 Å². The smallest absolute Gasteiger partial charge is 0.114 e. The first kappa shape index (κ1) is 11.3. The molecule has 18 heavy (non-hydrogen) atoms. The molecule has 0 N–H and O–H groups in total. The lowest BCUT2D eigenvalue weighted by Gasteiger charge is -2.43. The van der Waals surface area contributed by atoms with Crippen LogP contribution in [0.3, 0.4) is 0 Å². The molecule has 1 fully saturated rings. The summed E-state index contributed by atoms with van der Waals surface area (Å²) in [5.41, 5.74) is 1.50. The highest BCUT2D eigenvalue weighted by Gasteiger charge is 2.44. The van der Waals surface area contributed by atoms with Gasteiger partial charge in [0.1, 0.15) is 5.76 Å². The highest BCUT2D eigenvalue weighted by molar-refractivity contribution is 5.38. The van der Waals surface area contributed by atoms with Gasteiger partial charge in [-0.2, -0.15) is 5.26 Å². The van der Waals surface area contributed by atoms with E-state index >= 15 is 0 Å². The topological polar surface area (TPSA) is 33.0 Å². The minimum Gasteiger partial charge on any atom is -0.468 e. The van der Waals surface area contributed by atoms with E-state index in [0.717, 1.165) is 31.4 Å². The fourth-order valence-corrected chi connectivity index (χ4v) is 3.45. The maximum Gasteiger partial charge on any atom is 0.114 e. The van der Waals surface area contributed by atoms with Crippen molar-refractivity contribution >= 4 is 0 Å². The molecule has 3 rings (SSSR count). The highest BCUT2D eigenvalue weighted by Crippen LogP contribution is 2.54. The van der Waals surface area contributed by atoms with E-state index in [1.165, 1.54) is 5.57 Å². The summed E-state index contributed by atoms with van der Waals surface area (Å²) in [6.07, 6.45) is 17.3. The molecule has 2 aliphatic carbocycles. The van der Waals surface area contributed by atoms with E-state index in [2.05, 4.69) is 30.4 Å². The largest absolute Gasteiger partial charge is 0.468 e. The van der Waals surface area contributed by atoms with Gasteiger partial charge in [0, 0.05) is 6.42 Å². The molecule has 0 aromatic heterocycles. The lowest BCUT2D eigenvalue weighted by molar-refractivity contribution is 0.166. The molecule has 2 atom stereocenters. The summed E-state index contributed by atoms with van der Waals surface area (Å²) in [6, 6.07) is 2.33. The zero-order valence-electron chi connectivity index (χ0n) is 10.4. The third-order valence-electron chi connectivity index (χ3n) is 4.35. The van der Waals surface area contributed by atoms with Crippen LogP contribution in [0.5, 0.6) is 0 Å². The monoisotopic (exact) mass is 239 g/mol. The molecule has 0 saturated heterocycles. The van der Waals surface area contributed by atoms with Crippen LogP contribution in [0.1, 0.15) is 32.1 Å². The third kappa shape index (κ3) is 1.71. The van der Waals surface area contributed by atoms with Gasteiger partial charge in [-0.1, -0.05) is 23.8 Å². The lowest BCUT2D eigenvalue weighted by atomic mass is 9.62.